The predicted octanol–water partition coefficient (Wildman–Crippen LogP) is 7.79. The number of aromatic nitrogens is 2. The van der Waals surface area contributed by atoms with E-state index < -0.39 is 0 Å². The van der Waals surface area contributed by atoms with Gasteiger partial charge in [0.05, 0.1) is 5.54 Å². The minimum absolute atomic E-state index is 0.126. The van der Waals surface area contributed by atoms with Crippen LogP contribution in [0.1, 0.15) is 18.4 Å². The number of anilines is 2. The lowest BCUT2D eigenvalue weighted by atomic mass is 9.80. The standard InChI is InChI=1S/C32H25N3/c1-32-16-5-4-14-29(32)28-13-2-3-15-30(28)35(32)27-12-7-11-25(20-27)23-9-6-10-24(19-23)26-21-31-33-17-8-18-34(31)22-26/h2-22,29H,1H3. The molecular formula is C32H25N3. The van der Waals surface area contributed by atoms with E-state index in [9.17, 15) is 0 Å². The highest BCUT2D eigenvalue weighted by Crippen LogP contribution is 2.53. The molecule has 0 bridgehead atoms. The molecule has 5 aromatic rings. The molecule has 2 aliphatic rings. The van der Waals surface area contributed by atoms with Crippen LogP contribution in [0.2, 0.25) is 0 Å². The molecule has 0 saturated heterocycles. The molecule has 0 spiro atoms. The van der Waals surface area contributed by atoms with Crippen molar-refractivity contribution in [1.82, 2.24) is 9.38 Å². The lowest BCUT2D eigenvalue weighted by molar-refractivity contribution is 0.542. The Labute approximate surface area is 205 Å². The summed E-state index contributed by atoms with van der Waals surface area (Å²) >= 11 is 0. The summed E-state index contributed by atoms with van der Waals surface area (Å²) < 4.78 is 2.07. The number of benzene rings is 3. The van der Waals surface area contributed by atoms with Gasteiger partial charge in [0.1, 0.15) is 5.65 Å². The Bertz CT molecular complexity index is 1610. The predicted molar refractivity (Wildman–Crippen MR) is 144 cm³/mol. The van der Waals surface area contributed by atoms with Gasteiger partial charge in [0, 0.05) is 41.4 Å². The van der Waals surface area contributed by atoms with Gasteiger partial charge in [-0.15, -0.1) is 0 Å². The second-order valence-corrected chi connectivity index (χ2v) is 9.59. The molecular weight excluding hydrogens is 426 g/mol. The van der Waals surface area contributed by atoms with E-state index in [-0.39, 0.29) is 5.54 Å². The van der Waals surface area contributed by atoms with E-state index in [1.165, 1.54) is 39.2 Å². The highest BCUT2D eigenvalue weighted by molar-refractivity contribution is 5.81. The van der Waals surface area contributed by atoms with Crippen LogP contribution in [0.4, 0.5) is 11.4 Å². The molecule has 7 rings (SSSR count). The van der Waals surface area contributed by atoms with Crippen LogP contribution in [-0.4, -0.2) is 14.9 Å². The van der Waals surface area contributed by atoms with E-state index in [1.807, 2.05) is 18.5 Å². The van der Waals surface area contributed by atoms with Crippen molar-refractivity contribution in [3.05, 3.63) is 133 Å². The Morgan fingerprint density at radius 2 is 1.57 bits per heavy atom. The summed E-state index contributed by atoms with van der Waals surface area (Å²) in [7, 11) is 0. The van der Waals surface area contributed by atoms with Gasteiger partial charge in [0.2, 0.25) is 0 Å². The van der Waals surface area contributed by atoms with Crippen molar-refractivity contribution < 1.29 is 0 Å². The van der Waals surface area contributed by atoms with Gasteiger partial charge in [-0.2, -0.15) is 0 Å². The monoisotopic (exact) mass is 451 g/mol. The van der Waals surface area contributed by atoms with Gasteiger partial charge in [-0.1, -0.05) is 72.8 Å². The van der Waals surface area contributed by atoms with Gasteiger partial charge in [-0.25, -0.2) is 4.98 Å². The zero-order chi connectivity index (χ0) is 23.4. The molecule has 3 heteroatoms. The van der Waals surface area contributed by atoms with Crippen molar-refractivity contribution in [2.45, 2.75) is 18.4 Å². The average Bonchev–Trinajstić information content (AvgIpc) is 3.45. The molecule has 2 aromatic heterocycles. The van der Waals surface area contributed by atoms with E-state index in [2.05, 4.69) is 131 Å². The van der Waals surface area contributed by atoms with Gasteiger partial charge >= 0.3 is 0 Å². The van der Waals surface area contributed by atoms with Gasteiger partial charge in [0.25, 0.3) is 0 Å². The number of nitrogens with zero attached hydrogens (tertiary/aromatic N) is 3. The van der Waals surface area contributed by atoms with Crippen molar-refractivity contribution in [2.75, 3.05) is 4.90 Å². The van der Waals surface area contributed by atoms with Gasteiger partial charge in [-0.3, -0.25) is 0 Å². The van der Waals surface area contributed by atoms with E-state index in [4.69, 9.17) is 0 Å². The fourth-order valence-electron chi connectivity index (χ4n) is 5.79. The lowest BCUT2D eigenvalue weighted by Gasteiger charge is -2.39. The number of allylic oxidation sites excluding steroid dienone is 2. The summed E-state index contributed by atoms with van der Waals surface area (Å²) in [5.41, 5.74) is 9.50. The summed E-state index contributed by atoms with van der Waals surface area (Å²) in [5.74, 6) is 0.341. The largest absolute Gasteiger partial charge is 0.331 e. The Balaban J connectivity index is 1.31. The topological polar surface area (TPSA) is 20.5 Å². The quantitative estimate of drug-likeness (QED) is 0.279. The molecule has 0 fully saturated rings. The first kappa shape index (κ1) is 20.0. The van der Waals surface area contributed by atoms with Gasteiger partial charge < -0.3 is 9.30 Å². The van der Waals surface area contributed by atoms with Crippen molar-refractivity contribution in [3.63, 3.8) is 0 Å². The van der Waals surface area contributed by atoms with E-state index in [0.717, 1.165) is 5.65 Å². The summed E-state index contributed by atoms with van der Waals surface area (Å²) in [5, 5.41) is 0. The SMILES string of the molecule is CC12C=CC=CC1c1ccccc1N2c1cccc(-c2cccc(-c3cc4ncccn4c3)c2)c1. The molecule has 1 aliphatic carbocycles. The Kier molecular flexibility index (Phi) is 4.34. The number of hydrogen-bond acceptors (Lipinski definition) is 2. The lowest BCUT2D eigenvalue weighted by Crippen LogP contribution is -2.41. The Hall–Kier alpha value is -4.37. The maximum absolute atomic E-state index is 4.47. The molecule has 0 radical (unpaired) electrons. The molecule has 0 saturated carbocycles. The van der Waals surface area contributed by atoms with Crippen molar-refractivity contribution in [3.8, 4) is 22.3 Å². The van der Waals surface area contributed by atoms with Crippen LogP contribution in [0.15, 0.2) is 128 Å². The number of hydrogen-bond donors (Lipinski definition) is 0. The zero-order valence-corrected chi connectivity index (χ0v) is 19.5. The van der Waals surface area contributed by atoms with Crippen LogP contribution < -0.4 is 4.90 Å². The van der Waals surface area contributed by atoms with Crippen molar-refractivity contribution >= 4 is 17.0 Å². The maximum Gasteiger partial charge on any atom is 0.137 e. The second kappa shape index (κ2) is 7.57. The second-order valence-electron chi connectivity index (χ2n) is 9.59. The third-order valence-corrected chi connectivity index (χ3v) is 7.47. The van der Waals surface area contributed by atoms with Crippen LogP contribution >= 0.6 is 0 Å². The molecule has 3 heterocycles. The van der Waals surface area contributed by atoms with Crippen molar-refractivity contribution in [2.24, 2.45) is 0 Å². The first-order valence-corrected chi connectivity index (χ1v) is 12.1. The molecule has 0 N–H and O–H groups in total. The normalized spacial score (nSPS) is 20.3. The maximum atomic E-state index is 4.47. The summed E-state index contributed by atoms with van der Waals surface area (Å²) in [4.78, 5) is 6.98. The molecule has 3 nitrogen and oxygen atoms in total. The molecule has 2 atom stereocenters. The molecule has 168 valence electrons. The van der Waals surface area contributed by atoms with Crippen LogP contribution in [0.25, 0.3) is 27.9 Å². The summed E-state index contributed by atoms with van der Waals surface area (Å²) in [6, 6.07) is 30.6. The van der Waals surface area contributed by atoms with Gasteiger partial charge in [-0.05, 0) is 65.6 Å². The average molecular weight is 452 g/mol. The highest BCUT2D eigenvalue weighted by Gasteiger charge is 2.46. The van der Waals surface area contributed by atoms with Crippen LogP contribution in [0.3, 0.4) is 0 Å². The fourth-order valence-corrected chi connectivity index (χ4v) is 5.79. The first-order valence-electron chi connectivity index (χ1n) is 12.1. The number of fused-ring (bicyclic) bond motifs is 4. The molecule has 3 aromatic carbocycles. The van der Waals surface area contributed by atoms with Crippen molar-refractivity contribution in [1.29, 1.82) is 0 Å². The third-order valence-electron chi connectivity index (χ3n) is 7.47. The smallest absolute Gasteiger partial charge is 0.137 e. The summed E-state index contributed by atoms with van der Waals surface area (Å²) in [6.45, 7) is 2.34. The molecule has 35 heavy (non-hydrogen) atoms. The number of para-hydroxylation sites is 1. The molecule has 2 unspecified atom stereocenters. The third kappa shape index (κ3) is 3.08. The van der Waals surface area contributed by atoms with E-state index in [1.54, 1.807) is 0 Å². The highest BCUT2D eigenvalue weighted by atomic mass is 15.2. The van der Waals surface area contributed by atoms with Crippen LogP contribution in [0.5, 0.6) is 0 Å². The molecule has 1 aliphatic heterocycles. The number of rotatable bonds is 3. The van der Waals surface area contributed by atoms with Gasteiger partial charge in [0.15, 0.2) is 0 Å². The van der Waals surface area contributed by atoms with E-state index >= 15 is 0 Å². The minimum atomic E-state index is -0.126. The van der Waals surface area contributed by atoms with Crippen LogP contribution in [-0.2, 0) is 0 Å². The fraction of sp³-hybridized carbons (Fsp3) is 0.0938. The van der Waals surface area contributed by atoms with E-state index in [0.29, 0.717) is 5.92 Å². The minimum Gasteiger partial charge on any atom is -0.331 e. The first-order chi connectivity index (χ1) is 17.2. The Morgan fingerprint density at radius 1 is 0.771 bits per heavy atom. The zero-order valence-electron chi connectivity index (χ0n) is 19.5. The summed E-state index contributed by atoms with van der Waals surface area (Å²) in [6.07, 6.45) is 15.0. The van der Waals surface area contributed by atoms with Crippen LogP contribution in [0, 0.1) is 0 Å². The molecule has 0 amide bonds. The Morgan fingerprint density at radius 3 is 2.46 bits per heavy atom.